The molecule has 0 fully saturated rings. The van der Waals surface area contributed by atoms with E-state index in [1.54, 1.807) is 0 Å². The number of rotatable bonds is 0. The number of hydrogen-bond acceptors (Lipinski definition) is 2. The number of halogens is 5. The molecule has 0 saturated carbocycles. The fraction of sp³-hybridized carbons (Fsp3) is 0.263. The third-order valence-corrected chi connectivity index (χ3v) is 7.42. The highest BCUT2D eigenvalue weighted by Gasteiger charge is 2.12. The molecule has 4 N–H and O–H groups in total. The number of nitrogens with two attached hydrogens (primary N) is 2. The van der Waals surface area contributed by atoms with Crippen molar-refractivity contribution in [3.05, 3.63) is 53.0 Å². The Balaban J connectivity index is 0.000000289. The van der Waals surface area contributed by atoms with Crippen molar-refractivity contribution < 1.29 is 8.78 Å². The fourth-order valence-corrected chi connectivity index (χ4v) is 4.08. The third kappa shape index (κ3) is 6.73. The van der Waals surface area contributed by atoms with Crippen molar-refractivity contribution in [3.63, 3.8) is 0 Å². The molecule has 146 valence electrons. The van der Waals surface area contributed by atoms with E-state index in [1.807, 2.05) is 36.4 Å². The number of hydrogen-bond donors (Lipinski definition) is 2. The summed E-state index contributed by atoms with van der Waals surface area (Å²) in [7, 11) is -1.48. The van der Waals surface area contributed by atoms with Crippen LogP contribution >= 0.6 is 54.5 Å². The number of nitrogen functional groups attached to an aromatic ring is 2. The van der Waals surface area contributed by atoms with Gasteiger partial charge >= 0.3 is 0 Å². The molecule has 2 aromatic rings. The van der Waals surface area contributed by atoms with E-state index in [9.17, 15) is 8.78 Å². The van der Waals surface area contributed by atoms with Crippen molar-refractivity contribution in [2.45, 2.75) is 33.5 Å². The van der Waals surface area contributed by atoms with E-state index in [0.29, 0.717) is 10.0 Å². The summed E-state index contributed by atoms with van der Waals surface area (Å²) < 4.78 is 28.5. The van der Waals surface area contributed by atoms with E-state index < -0.39 is 13.9 Å². The van der Waals surface area contributed by atoms with Gasteiger partial charge in [0.2, 0.25) is 0 Å². The predicted octanol–water partition coefficient (Wildman–Crippen LogP) is 6.79. The minimum Gasteiger partial charge on any atom is -0.395 e. The van der Waals surface area contributed by atoms with Gasteiger partial charge in [-0.25, -0.2) is 8.78 Å². The Labute approximate surface area is 190 Å². The second-order valence-corrected chi connectivity index (χ2v) is 14.5. The average molecular weight is 630 g/mol. The van der Waals surface area contributed by atoms with Crippen LogP contribution in [0.25, 0.3) is 0 Å². The van der Waals surface area contributed by atoms with Gasteiger partial charge < -0.3 is 11.5 Å². The molecule has 0 aromatic heterocycles. The van der Waals surface area contributed by atoms with Crippen LogP contribution in [-0.2, 0) is 0 Å². The Morgan fingerprint density at radius 2 is 1.37 bits per heavy atom. The zero-order valence-corrected chi connectivity index (χ0v) is 22.0. The third-order valence-electron chi connectivity index (χ3n) is 3.51. The first kappa shape index (κ1) is 24.4. The molecular weight excluding hydrogens is 609 g/mol. The lowest BCUT2D eigenvalue weighted by atomic mass is 10.1. The second-order valence-electron chi connectivity index (χ2n) is 6.95. The molecule has 0 bridgehead atoms. The average Bonchev–Trinajstić information content (AvgIpc) is 2.56. The van der Waals surface area contributed by atoms with Gasteiger partial charge in [-0.05, 0) is 59.7 Å². The molecule has 8 heteroatoms. The molecule has 0 atom stereocenters. The fourth-order valence-electron chi connectivity index (χ4n) is 1.86. The van der Waals surface area contributed by atoms with Crippen molar-refractivity contribution in [1.82, 2.24) is 0 Å². The lowest BCUT2D eigenvalue weighted by Crippen LogP contribution is -2.16. The molecule has 0 amide bonds. The van der Waals surface area contributed by atoms with E-state index in [0.717, 1.165) is 19.2 Å². The Hall–Kier alpha value is -0.633. The van der Waals surface area contributed by atoms with Gasteiger partial charge in [0.25, 0.3) is 0 Å². The van der Waals surface area contributed by atoms with Crippen molar-refractivity contribution in [3.8, 4) is 11.5 Å². The maximum atomic E-state index is 13.4. The van der Waals surface area contributed by atoms with Gasteiger partial charge in [0.05, 0.1) is 16.9 Å². The smallest absolute Gasteiger partial charge is 0.148 e. The number of anilines is 2. The molecule has 0 unspecified atom stereocenters. The van der Waals surface area contributed by atoms with Gasteiger partial charge in [-0.15, -0.1) is 5.54 Å². The standard InChI is InChI=1S/C12H15BrFNSi.C7H6BrFIN/c1-8-9(5-6-16(2,3)4)12(15)11(14)7-10(8)13;1-3-4(8)2-5(9)7(11)6(3)10/h7H,15H2,1-4H3;2H,11H2,1H3. The van der Waals surface area contributed by atoms with Crippen LogP contribution in [0.1, 0.15) is 16.7 Å². The zero-order valence-electron chi connectivity index (χ0n) is 15.7. The van der Waals surface area contributed by atoms with Crippen molar-refractivity contribution >= 4 is 73.9 Å². The quantitative estimate of drug-likeness (QED) is 0.146. The molecule has 2 nitrogen and oxygen atoms in total. The van der Waals surface area contributed by atoms with E-state index in [2.05, 4.69) is 63.0 Å². The maximum Gasteiger partial charge on any atom is 0.148 e. The Bertz CT molecular complexity index is 880. The summed E-state index contributed by atoms with van der Waals surface area (Å²) in [4.78, 5) is 0. The molecule has 2 rings (SSSR count). The van der Waals surface area contributed by atoms with Crippen LogP contribution in [-0.4, -0.2) is 8.07 Å². The summed E-state index contributed by atoms with van der Waals surface area (Å²) in [6.45, 7) is 10.2. The highest BCUT2D eigenvalue weighted by Crippen LogP contribution is 2.29. The molecule has 0 saturated heterocycles. The highest BCUT2D eigenvalue weighted by molar-refractivity contribution is 14.1. The minimum absolute atomic E-state index is 0.145. The lowest BCUT2D eigenvalue weighted by Gasteiger charge is -2.08. The lowest BCUT2D eigenvalue weighted by molar-refractivity contribution is 0.630. The Morgan fingerprint density at radius 1 is 0.926 bits per heavy atom. The van der Waals surface area contributed by atoms with Gasteiger partial charge in [0, 0.05) is 12.5 Å². The summed E-state index contributed by atoms with van der Waals surface area (Å²) >= 11 is 8.56. The van der Waals surface area contributed by atoms with Gasteiger partial charge in [0.15, 0.2) is 0 Å². The molecule has 0 spiro atoms. The topological polar surface area (TPSA) is 52.0 Å². The summed E-state index contributed by atoms with van der Waals surface area (Å²) in [5.74, 6) is 2.23. The monoisotopic (exact) mass is 628 g/mol. The van der Waals surface area contributed by atoms with E-state index in [-0.39, 0.29) is 17.2 Å². The normalized spacial score (nSPS) is 10.6. The van der Waals surface area contributed by atoms with Gasteiger partial charge in [-0.1, -0.05) is 57.4 Å². The SMILES string of the molecule is Cc1c(Br)cc(F)c(N)c1C#C[Si](C)(C)C.Cc1c(Br)cc(F)c(N)c1I. The highest BCUT2D eigenvalue weighted by atomic mass is 127. The number of benzene rings is 2. The van der Waals surface area contributed by atoms with Crippen molar-refractivity contribution in [2.24, 2.45) is 0 Å². The van der Waals surface area contributed by atoms with Crippen molar-refractivity contribution in [1.29, 1.82) is 0 Å². The summed E-state index contributed by atoms with van der Waals surface area (Å²) in [5, 5.41) is 0. The van der Waals surface area contributed by atoms with Gasteiger partial charge in [-0.2, -0.15) is 0 Å². The summed E-state index contributed by atoms with van der Waals surface area (Å²) in [6, 6.07) is 2.76. The van der Waals surface area contributed by atoms with Crippen LogP contribution in [0.3, 0.4) is 0 Å². The first-order valence-corrected chi connectivity index (χ1v) is 14.1. The molecule has 0 heterocycles. The first-order chi connectivity index (χ1) is 12.3. The van der Waals surface area contributed by atoms with Gasteiger partial charge in [-0.3, -0.25) is 0 Å². The molecule has 2 aromatic carbocycles. The van der Waals surface area contributed by atoms with E-state index >= 15 is 0 Å². The summed E-state index contributed by atoms with van der Waals surface area (Å²) in [5.41, 5.74) is 17.2. The maximum absolute atomic E-state index is 13.4. The van der Waals surface area contributed by atoms with Crippen molar-refractivity contribution in [2.75, 3.05) is 11.5 Å². The predicted molar refractivity (Wildman–Crippen MR) is 129 cm³/mol. The molecule has 27 heavy (non-hydrogen) atoms. The van der Waals surface area contributed by atoms with E-state index in [4.69, 9.17) is 11.5 Å². The minimum atomic E-state index is -1.48. The zero-order chi connectivity index (χ0) is 21.1. The van der Waals surface area contributed by atoms with Crippen LogP contribution in [0.5, 0.6) is 0 Å². The van der Waals surface area contributed by atoms with Crippen LogP contribution in [0, 0.1) is 40.5 Å². The van der Waals surface area contributed by atoms with E-state index in [1.165, 1.54) is 12.1 Å². The van der Waals surface area contributed by atoms with Crippen LogP contribution in [0.4, 0.5) is 20.2 Å². The second kappa shape index (κ2) is 9.72. The molecular formula is C19H21Br2F2IN2Si. The Kier molecular flexibility index (Phi) is 8.78. The van der Waals surface area contributed by atoms with Gasteiger partial charge in [0.1, 0.15) is 19.7 Å². The molecule has 0 aliphatic carbocycles. The summed E-state index contributed by atoms with van der Waals surface area (Å²) in [6.07, 6.45) is 0. The van der Waals surface area contributed by atoms with Crippen LogP contribution in [0.15, 0.2) is 21.1 Å². The first-order valence-electron chi connectivity index (χ1n) is 7.93. The van der Waals surface area contributed by atoms with Crippen LogP contribution in [0.2, 0.25) is 19.6 Å². The Morgan fingerprint density at radius 3 is 1.85 bits per heavy atom. The van der Waals surface area contributed by atoms with Crippen LogP contribution < -0.4 is 11.5 Å². The molecule has 0 aliphatic heterocycles. The largest absolute Gasteiger partial charge is 0.395 e. The molecule has 0 aliphatic rings. The molecule has 0 radical (unpaired) electrons.